The van der Waals surface area contributed by atoms with Crippen LogP contribution >= 0.6 is 11.3 Å². The van der Waals surface area contributed by atoms with Crippen molar-refractivity contribution in [3.05, 3.63) is 84.5 Å². The molecular weight excluding hydrogens is 528 g/mol. The third-order valence-electron chi connectivity index (χ3n) is 6.46. The molecule has 0 fully saturated rings. The molecule has 4 rings (SSSR count). The highest BCUT2D eigenvalue weighted by molar-refractivity contribution is 7.07. The summed E-state index contributed by atoms with van der Waals surface area (Å²) in [5, 5.41) is 0. The fourth-order valence-corrected chi connectivity index (χ4v) is 5.61. The van der Waals surface area contributed by atoms with E-state index in [-0.39, 0.29) is 16.2 Å². The second kappa shape index (κ2) is 11.8. The quantitative estimate of drug-likeness (QED) is 0.401. The lowest BCUT2D eigenvalue weighted by molar-refractivity contribution is -0.127. The number of alkyl halides is 2. The molecule has 0 saturated heterocycles. The average Bonchev–Trinajstić information content (AvgIpc) is 3.22. The van der Waals surface area contributed by atoms with Crippen LogP contribution in [0, 0.1) is 0 Å². The summed E-state index contributed by atoms with van der Waals surface area (Å²) in [6.45, 7) is 3.43. The van der Waals surface area contributed by atoms with Crippen molar-refractivity contribution < 1.29 is 27.8 Å². The van der Waals surface area contributed by atoms with Gasteiger partial charge in [-0.25, -0.2) is 4.99 Å². The van der Waals surface area contributed by atoms with Gasteiger partial charge in [0.1, 0.15) is 23.3 Å². The first-order chi connectivity index (χ1) is 18.7. The van der Waals surface area contributed by atoms with E-state index in [2.05, 4.69) is 9.73 Å². The van der Waals surface area contributed by atoms with Crippen molar-refractivity contribution in [2.75, 3.05) is 27.3 Å². The Morgan fingerprint density at radius 1 is 1.13 bits per heavy atom. The number of carbonyl (C=O) groups is 1. The summed E-state index contributed by atoms with van der Waals surface area (Å²) in [4.78, 5) is 34.4. The number of amides is 1. The first-order valence-corrected chi connectivity index (χ1v) is 13.1. The Kier molecular flexibility index (Phi) is 8.49. The highest BCUT2D eigenvalue weighted by atomic mass is 32.1. The number of hydrogen-bond donors (Lipinski definition) is 0. The molecule has 11 heteroatoms. The fraction of sp³-hybridized carbons (Fsp3) is 0.321. The van der Waals surface area contributed by atoms with Crippen LogP contribution in [0.5, 0.6) is 17.2 Å². The van der Waals surface area contributed by atoms with Crippen LogP contribution in [0.2, 0.25) is 0 Å². The molecule has 1 amide bonds. The Labute approximate surface area is 228 Å². The molecule has 0 aliphatic carbocycles. The number of aromatic nitrogens is 1. The molecule has 39 heavy (non-hydrogen) atoms. The second-order valence-corrected chi connectivity index (χ2v) is 9.59. The van der Waals surface area contributed by atoms with Gasteiger partial charge in [-0.15, -0.1) is 0 Å². The van der Waals surface area contributed by atoms with Gasteiger partial charge in [0.25, 0.3) is 11.5 Å². The van der Waals surface area contributed by atoms with E-state index in [1.807, 2.05) is 13.8 Å². The number of likely N-dealkylation sites (N-methyl/N-ethyl adjacent to an activating group) is 1. The smallest absolute Gasteiger partial charge is 0.387 e. The summed E-state index contributed by atoms with van der Waals surface area (Å²) in [7, 11) is 3.04. The molecule has 1 aliphatic heterocycles. The van der Waals surface area contributed by atoms with Crippen molar-refractivity contribution in [1.29, 1.82) is 0 Å². The molecule has 3 aromatic rings. The van der Waals surface area contributed by atoms with Gasteiger partial charge in [0.2, 0.25) is 0 Å². The summed E-state index contributed by atoms with van der Waals surface area (Å²) < 4.78 is 43.4. The zero-order chi connectivity index (χ0) is 28.3. The van der Waals surface area contributed by atoms with E-state index in [1.165, 1.54) is 30.9 Å². The van der Waals surface area contributed by atoms with E-state index >= 15 is 0 Å². The van der Waals surface area contributed by atoms with Crippen LogP contribution in [0.3, 0.4) is 0 Å². The van der Waals surface area contributed by atoms with Gasteiger partial charge in [-0.1, -0.05) is 29.5 Å². The normalized spacial score (nSPS) is 15.2. The SMILES string of the molecule is CCN(CC)C(=O)C1=C(C)N=c2s/c(=C\c3ccccc3OC(F)F)c(=O)n2[C@@H]1c1cc(OC)ccc1OC. The van der Waals surface area contributed by atoms with Gasteiger partial charge in [0, 0.05) is 24.2 Å². The molecule has 0 N–H and O–H groups in total. The van der Waals surface area contributed by atoms with Crippen molar-refractivity contribution >= 4 is 23.3 Å². The van der Waals surface area contributed by atoms with Crippen molar-refractivity contribution in [3.8, 4) is 17.2 Å². The Morgan fingerprint density at radius 3 is 2.49 bits per heavy atom. The van der Waals surface area contributed by atoms with Gasteiger partial charge in [0.15, 0.2) is 4.80 Å². The number of carbonyl (C=O) groups excluding carboxylic acids is 1. The van der Waals surface area contributed by atoms with Crippen LogP contribution in [-0.2, 0) is 4.79 Å². The number of allylic oxidation sites excluding steroid dienone is 1. The number of thiazole rings is 1. The lowest BCUT2D eigenvalue weighted by Gasteiger charge is -2.30. The second-order valence-electron chi connectivity index (χ2n) is 8.58. The molecule has 0 bridgehead atoms. The summed E-state index contributed by atoms with van der Waals surface area (Å²) in [5.74, 6) is 0.680. The van der Waals surface area contributed by atoms with E-state index in [1.54, 1.807) is 48.2 Å². The number of hydrogen-bond acceptors (Lipinski definition) is 7. The van der Waals surface area contributed by atoms with E-state index in [9.17, 15) is 18.4 Å². The zero-order valence-corrected chi connectivity index (χ0v) is 23.1. The molecule has 0 unspecified atom stereocenters. The number of benzene rings is 2. The predicted octanol–water partition coefficient (Wildman–Crippen LogP) is 3.72. The molecule has 1 aromatic heterocycles. The molecule has 2 aromatic carbocycles. The maximum atomic E-state index is 13.9. The molecule has 1 atom stereocenters. The molecule has 2 heterocycles. The van der Waals surface area contributed by atoms with Crippen LogP contribution in [0.25, 0.3) is 6.08 Å². The summed E-state index contributed by atoms with van der Waals surface area (Å²) in [5.41, 5.74) is 1.24. The standard InChI is InChI=1S/C28H29F2N3O5S/c1-6-32(7-2)26(35)23-16(3)31-28-33(24(23)19-15-18(36-4)12-13-21(19)37-5)25(34)22(39-28)14-17-10-8-9-11-20(17)38-27(29)30/h8-15,24,27H,6-7H2,1-5H3/b22-14-/t24-/m1/s1. The van der Waals surface area contributed by atoms with E-state index in [0.717, 1.165) is 11.3 Å². The third-order valence-corrected chi connectivity index (χ3v) is 7.44. The average molecular weight is 558 g/mol. The highest BCUT2D eigenvalue weighted by Crippen LogP contribution is 2.38. The van der Waals surface area contributed by atoms with Gasteiger partial charge in [-0.3, -0.25) is 14.2 Å². The van der Waals surface area contributed by atoms with E-state index in [4.69, 9.17) is 9.47 Å². The minimum Gasteiger partial charge on any atom is -0.497 e. The number of methoxy groups -OCH3 is 2. The van der Waals surface area contributed by atoms with Crippen LogP contribution in [0.1, 0.15) is 37.9 Å². The molecular formula is C28H29F2N3O5S. The number of nitrogens with zero attached hydrogens (tertiary/aromatic N) is 3. The third kappa shape index (κ3) is 5.44. The van der Waals surface area contributed by atoms with Crippen molar-refractivity contribution in [2.24, 2.45) is 4.99 Å². The van der Waals surface area contributed by atoms with Gasteiger partial charge >= 0.3 is 6.61 Å². The van der Waals surface area contributed by atoms with Crippen LogP contribution in [0.4, 0.5) is 8.78 Å². The van der Waals surface area contributed by atoms with Crippen LogP contribution in [0.15, 0.2) is 63.5 Å². The Hall–Kier alpha value is -3.99. The van der Waals surface area contributed by atoms with Crippen molar-refractivity contribution in [1.82, 2.24) is 9.47 Å². The zero-order valence-electron chi connectivity index (χ0n) is 22.2. The number of ether oxygens (including phenoxy) is 3. The monoisotopic (exact) mass is 557 g/mol. The van der Waals surface area contributed by atoms with Gasteiger partial charge < -0.3 is 19.1 Å². The van der Waals surface area contributed by atoms with Gasteiger partial charge in [-0.2, -0.15) is 8.78 Å². The van der Waals surface area contributed by atoms with Crippen LogP contribution < -0.4 is 29.1 Å². The molecule has 0 spiro atoms. The number of rotatable bonds is 9. The Morgan fingerprint density at radius 2 is 1.85 bits per heavy atom. The van der Waals surface area contributed by atoms with Gasteiger partial charge in [-0.05, 0) is 51.1 Å². The Balaban J connectivity index is 2.01. The molecule has 8 nitrogen and oxygen atoms in total. The summed E-state index contributed by atoms with van der Waals surface area (Å²) >= 11 is 1.10. The first-order valence-electron chi connectivity index (χ1n) is 12.3. The predicted molar refractivity (Wildman–Crippen MR) is 144 cm³/mol. The minimum absolute atomic E-state index is 0.0575. The highest BCUT2D eigenvalue weighted by Gasteiger charge is 2.36. The molecule has 0 radical (unpaired) electrons. The number of halogens is 2. The maximum Gasteiger partial charge on any atom is 0.387 e. The van der Waals surface area contributed by atoms with Gasteiger partial charge in [0.05, 0.1) is 30.0 Å². The molecule has 206 valence electrons. The molecule has 0 saturated carbocycles. The number of fused-ring (bicyclic) bond motifs is 1. The van der Waals surface area contributed by atoms with Crippen molar-refractivity contribution in [2.45, 2.75) is 33.4 Å². The minimum atomic E-state index is -3.02. The molecule has 1 aliphatic rings. The maximum absolute atomic E-state index is 13.9. The Bertz CT molecular complexity index is 1590. The lowest BCUT2D eigenvalue weighted by Crippen LogP contribution is -2.43. The van der Waals surface area contributed by atoms with E-state index in [0.29, 0.717) is 51.8 Å². The number of para-hydroxylation sites is 1. The topological polar surface area (TPSA) is 82.4 Å². The van der Waals surface area contributed by atoms with Crippen LogP contribution in [-0.4, -0.2) is 49.3 Å². The summed E-state index contributed by atoms with van der Waals surface area (Å²) in [6.07, 6.45) is 1.49. The first kappa shape index (κ1) is 28.0. The largest absolute Gasteiger partial charge is 0.497 e. The van der Waals surface area contributed by atoms with Crippen molar-refractivity contribution in [3.63, 3.8) is 0 Å². The summed E-state index contributed by atoms with van der Waals surface area (Å²) in [6, 6.07) is 10.5. The lowest BCUT2D eigenvalue weighted by atomic mass is 9.93. The van der Waals surface area contributed by atoms with E-state index < -0.39 is 18.2 Å². The fourth-order valence-electron chi connectivity index (χ4n) is 4.57.